The Bertz CT molecular complexity index is 313. The second kappa shape index (κ2) is 4.96. The highest BCUT2D eigenvalue weighted by molar-refractivity contribution is 7.13. The van der Waals surface area contributed by atoms with Crippen LogP contribution < -0.4 is 10.1 Å². The lowest BCUT2D eigenvalue weighted by atomic mass is 10.2. The van der Waals surface area contributed by atoms with E-state index >= 15 is 0 Å². The molecular weight excluding hydrogens is 208 g/mol. The molecule has 2 heterocycles. The first-order valence-electron chi connectivity index (χ1n) is 5.32. The molecule has 3 nitrogen and oxygen atoms in total. The Kier molecular flexibility index (Phi) is 3.61. The van der Waals surface area contributed by atoms with Gasteiger partial charge in [0.2, 0.25) is 0 Å². The van der Waals surface area contributed by atoms with Crippen molar-refractivity contribution in [2.24, 2.45) is 0 Å². The molecule has 0 aromatic carbocycles. The quantitative estimate of drug-likeness (QED) is 0.843. The first-order chi connectivity index (χ1) is 7.28. The van der Waals surface area contributed by atoms with Crippen molar-refractivity contribution < 1.29 is 4.74 Å². The number of hydrogen-bond donors (Lipinski definition) is 1. The van der Waals surface area contributed by atoms with Crippen LogP contribution >= 0.6 is 11.3 Å². The molecule has 1 aromatic heterocycles. The maximum Gasteiger partial charge on any atom is 0.173 e. The summed E-state index contributed by atoms with van der Waals surface area (Å²) in [5, 5.41) is 4.57. The third-order valence-corrected chi connectivity index (χ3v) is 3.84. The molecule has 1 atom stereocenters. The summed E-state index contributed by atoms with van der Waals surface area (Å²) in [5.74, 6) is 0. The highest BCUT2D eigenvalue weighted by Gasteiger charge is 2.18. The molecule has 0 spiro atoms. The van der Waals surface area contributed by atoms with Gasteiger partial charge in [0.15, 0.2) is 5.06 Å². The van der Waals surface area contributed by atoms with Gasteiger partial charge in [-0.1, -0.05) is 0 Å². The van der Waals surface area contributed by atoms with Crippen molar-refractivity contribution >= 4 is 11.3 Å². The smallest absolute Gasteiger partial charge is 0.173 e. The van der Waals surface area contributed by atoms with E-state index in [1.54, 1.807) is 18.4 Å². The lowest BCUT2D eigenvalue weighted by molar-refractivity contribution is 0.398. The van der Waals surface area contributed by atoms with Crippen molar-refractivity contribution in [3.05, 3.63) is 17.0 Å². The molecule has 0 amide bonds. The lowest BCUT2D eigenvalue weighted by Gasteiger charge is -2.11. The summed E-state index contributed by atoms with van der Waals surface area (Å²) in [6.07, 6.45) is 1.26. The number of nitrogens with one attached hydrogen (secondary N) is 1. The Hall–Kier alpha value is -0.580. The van der Waals surface area contributed by atoms with Gasteiger partial charge in [-0.15, -0.1) is 11.3 Å². The van der Waals surface area contributed by atoms with Crippen LogP contribution in [-0.2, 0) is 6.54 Å². The Labute approximate surface area is 95.0 Å². The van der Waals surface area contributed by atoms with Crippen LogP contribution in [0.1, 0.15) is 11.3 Å². The fraction of sp³-hybridized carbons (Fsp3) is 0.636. The third-order valence-electron chi connectivity index (χ3n) is 2.79. The molecule has 0 aliphatic carbocycles. The highest BCUT2D eigenvalue weighted by atomic mass is 32.1. The molecule has 84 valence electrons. The normalized spacial score (nSPS) is 22.1. The topological polar surface area (TPSA) is 24.5 Å². The van der Waals surface area contributed by atoms with E-state index in [9.17, 15) is 0 Å². The van der Waals surface area contributed by atoms with Crippen molar-refractivity contribution in [2.45, 2.75) is 19.0 Å². The summed E-state index contributed by atoms with van der Waals surface area (Å²) in [7, 11) is 3.89. The zero-order chi connectivity index (χ0) is 10.7. The zero-order valence-electron chi connectivity index (χ0n) is 9.32. The molecule has 1 fully saturated rings. The number of likely N-dealkylation sites (tertiary alicyclic amines) is 1. The maximum absolute atomic E-state index is 5.17. The number of rotatable bonds is 4. The summed E-state index contributed by atoms with van der Waals surface area (Å²) in [4.78, 5) is 3.72. The Morgan fingerprint density at radius 3 is 3.07 bits per heavy atom. The van der Waals surface area contributed by atoms with Crippen LogP contribution in [0.2, 0.25) is 0 Å². The fourth-order valence-electron chi connectivity index (χ4n) is 1.91. The summed E-state index contributed by atoms with van der Waals surface area (Å²) in [5.41, 5.74) is 0. The van der Waals surface area contributed by atoms with Gasteiger partial charge < -0.3 is 15.0 Å². The van der Waals surface area contributed by atoms with Gasteiger partial charge in [-0.2, -0.15) is 0 Å². The van der Waals surface area contributed by atoms with Crippen molar-refractivity contribution in [3.63, 3.8) is 0 Å². The van der Waals surface area contributed by atoms with Gasteiger partial charge in [-0.25, -0.2) is 0 Å². The van der Waals surface area contributed by atoms with Crippen molar-refractivity contribution in [1.82, 2.24) is 10.2 Å². The lowest BCUT2D eigenvalue weighted by Crippen LogP contribution is -2.30. The first kappa shape index (κ1) is 10.9. The molecule has 1 aromatic rings. The van der Waals surface area contributed by atoms with Crippen LogP contribution in [0, 0.1) is 0 Å². The molecule has 1 unspecified atom stereocenters. The number of methoxy groups -OCH3 is 1. The average molecular weight is 226 g/mol. The van der Waals surface area contributed by atoms with Crippen LogP contribution in [0.25, 0.3) is 0 Å². The fourth-order valence-corrected chi connectivity index (χ4v) is 2.68. The van der Waals surface area contributed by atoms with E-state index < -0.39 is 0 Å². The molecule has 0 radical (unpaired) electrons. The van der Waals surface area contributed by atoms with Crippen molar-refractivity contribution in [1.29, 1.82) is 0 Å². The minimum absolute atomic E-state index is 0.656. The van der Waals surface area contributed by atoms with Crippen LogP contribution in [0.3, 0.4) is 0 Å². The number of likely N-dealkylation sites (N-methyl/N-ethyl adjacent to an activating group) is 1. The Balaban J connectivity index is 1.77. The van der Waals surface area contributed by atoms with Gasteiger partial charge in [-0.3, -0.25) is 0 Å². The van der Waals surface area contributed by atoms with Gasteiger partial charge in [0.05, 0.1) is 7.11 Å². The summed E-state index contributed by atoms with van der Waals surface area (Å²) in [6.45, 7) is 3.35. The number of ether oxygens (including phenoxy) is 1. The molecule has 4 heteroatoms. The number of thiophene rings is 1. The van der Waals surface area contributed by atoms with E-state index in [4.69, 9.17) is 4.74 Å². The molecular formula is C11H18N2OS. The van der Waals surface area contributed by atoms with Crippen LogP contribution in [0.4, 0.5) is 0 Å². The van der Waals surface area contributed by atoms with Crippen LogP contribution in [0.15, 0.2) is 12.1 Å². The summed E-state index contributed by atoms with van der Waals surface area (Å²) < 4.78 is 5.17. The standard InChI is InChI=1S/C11H18N2OS/c1-13-6-5-9(8-13)12-7-10-3-4-11(14-2)15-10/h3-4,9,12H,5-8H2,1-2H3. The summed E-state index contributed by atoms with van der Waals surface area (Å²) >= 11 is 1.72. The van der Waals surface area contributed by atoms with Crippen molar-refractivity contribution in [3.8, 4) is 5.06 Å². The van der Waals surface area contributed by atoms with E-state index in [1.165, 1.54) is 24.4 Å². The second-order valence-corrected chi connectivity index (χ2v) is 5.18. The van der Waals surface area contributed by atoms with Crippen LogP contribution in [0.5, 0.6) is 5.06 Å². The van der Waals surface area contributed by atoms with E-state index in [2.05, 4.69) is 23.3 Å². The number of nitrogens with zero attached hydrogens (tertiary/aromatic N) is 1. The Morgan fingerprint density at radius 2 is 2.47 bits per heavy atom. The van der Waals surface area contributed by atoms with Gasteiger partial charge in [0.1, 0.15) is 0 Å². The minimum atomic E-state index is 0.656. The van der Waals surface area contributed by atoms with Crippen molar-refractivity contribution in [2.75, 3.05) is 27.2 Å². The maximum atomic E-state index is 5.17. The van der Waals surface area contributed by atoms with Gasteiger partial charge in [0.25, 0.3) is 0 Å². The monoisotopic (exact) mass is 226 g/mol. The average Bonchev–Trinajstić information content (AvgIpc) is 2.83. The van der Waals surface area contributed by atoms with Gasteiger partial charge in [0, 0.05) is 24.0 Å². The second-order valence-electron chi connectivity index (χ2n) is 4.05. The van der Waals surface area contributed by atoms with E-state index in [0.717, 1.165) is 11.6 Å². The van der Waals surface area contributed by atoms with E-state index in [0.29, 0.717) is 6.04 Å². The molecule has 0 bridgehead atoms. The SMILES string of the molecule is COc1ccc(CNC2CCN(C)C2)s1. The Morgan fingerprint density at radius 1 is 1.60 bits per heavy atom. The number of hydrogen-bond acceptors (Lipinski definition) is 4. The van der Waals surface area contributed by atoms with E-state index in [1.807, 2.05) is 6.07 Å². The minimum Gasteiger partial charge on any atom is -0.487 e. The summed E-state index contributed by atoms with van der Waals surface area (Å²) in [6, 6.07) is 4.82. The predicted molar refractivity (Wildman–Crippen MR) is 63.6 cm³/mol. The largest absolute Gasteiger partial charge is 0.487 e. The van der Waals surface area contributed by atoms with Gasteiger partial charge in [-0.05, 0) is 32.1 Å². The molecule has 15 heavy (non-hydrogen) atoms. The molecule has 1 aliphatic heterocycles. The molecule has 1 N–H and O–H groups in total. The van der Waals surface area contributed by atoms with Crippen LogP contribution in [-0.4, -0.2) is 38.2 Å². The third kappa shape index (κ3) is 2.93. The molecule has 1 aliphatic rings. The molecule has 1 saturated heterocycles. The molecule has 0 saturated carbocycles. The highest BCUT2D eigenvalue weighted by Crippen LogP contribution is 2.23. The van der Waals surface area contributed by atoms with E-state index in [-0.39, 0.29) is 0 Å². The first-order valence-corrected chi connectivity index (χ1v) is 6.14. The van der Waals surface area contributed by atoms with Gasteiger partial charge >= 0.3 is 0 Å². The zero-order valence-corrected chi connectivity index (χ0v) is 10.1. The molecule has 2 rings (SSSR count). The predicted octanol–water partition coefficient (Wildman–Crippen LogP) is 1.55.